The van der Waals surface area contributed by atoms with Gasteiger partial charge in [-0.3, -0.25) is 0 Å². The smallest absolute Gasteiger partial charge is 0.0728 e. The molecule has 2 rings (SSSR count). The van der Waals surface area contributed by atoms with Gasteiger partial charge in [0.15, 0.2) is 0 Å². The van der Waals surface area contributed by atoms with Gasteiger partial charge in [-0.15, -0.1) is 0 Å². The highest BCUT2D eigenvalue weighted by atomic mass is 16.5. The summed E-state index contributed by atoms with van der Waals surface area (Å²) in [5, 5.41) is 3.61. The monoisotopic (exact) mass is 169 g/mol. The maximum absolute atomic E-state index is 5.86. The standard InChI is InChI=1S/C10H19NO/c1-8-6-11-9-4-2-3-5-10(9)12-7-8/h8-11H,2-7H2,1H3. The number of fused-ring (bicyclic) bond motifs is 1. The third kappa shape index (κ3) is 1.80. The van der Waals surface area contributed by atoms with Crippen LogP contribution in [-0.4, -0.2) is 25.3 Å². The molecule has 3 unspecified atom stereocenters. The third-order valence-corrected chi connectivity index (χ3v) is 3.03. The summed E-state index contributed by atoms with van der Waals surface area (Å²) in [6.45, 7) is 4.35. The van der Waals surface area contributed by atoms with Gasteiger partial charge in [-0.25, -0.2) is 0 Å². The fourth-order valence-electron chi connectivity index (χ4n) is 2.23. The Morgan fingerprint density at radius 2 is 2.08 bits per heavy atom. The highest BCUT2D eigenvalue weighted by Crippen LogP contribution is 2.23. The molecule has 2 nitrogen and oxygen atoms in total. The molecular formula is C10H19NO. The van der Waals surface area contributed by atoms with Crippen LogP contribution in [-0.2, 0) is 4.74 Å². The zero-order chi connectivity index (χ0) is 8.39. The fraction of sp³-hybridized carbons (Fsp3) is 1.00. The van der Waals surface area contributed by atoms with Crippen LogP contribution in [0.15, 0.2) is 0 Å². The molecule has 0 bridgehead atoms. The summed E-state index contributed by atoms with van der Waals surface area (Å²) >= 11 is 0. The van der Waals surface area contributed by atoms with Crippen molar-refractivity contribution in [1.82, 2.24) is 5.32 Å². The SMILES string of the molecule is CC1CNC2CCCCC2OC1. The number of rotatable bonds is 0. The van der Waals surface area contributed by atoms with Crippen molar-refractivity contribution < 1.29 is 4.74 Å². The van der Waals surface area contributed by atoms with Crippen LogP contribution in [0.5, 0.6) is 0 Å². The Balaban J connectivity index is 1.94. The first-order chi connectivity index (χ1) is 5.86. The first-order valence-electron chi connectivity index (χ1n) is 5.21. The molecule has 70 valence electrons. The number of ether oxygens (including phenoxy) is 1. The first-order valence-corrected chi connectivity index (χ1v) is 5.21. The average Bonchev–Trinajstić information content (AvgIpc) is 2.29. The molecule has 1 saturated heterocycles. The minimum atomic E-state index is 0.517. The molecule has 1 N–H and O–H groups in total. The van der Waals surface area contributed by atoms with Gasteiger partial charge in [0.2, 0.25) is 0 Å². The van der Waals surface area contributed by atoms with Gasteiger partial charge in [-0.05, 0) is 18.8 Å². The first kappa shape index (κ1) is 8.52. The van der Waals surface area contributed by atoms with Gasteiger partial charge < -0.3 is 10.1 Å². The van der Waals surface area contributed by atoms with Gasteiger partial charge in [0.05, 0.1) is 12.7 Å². The molecule has 2 fully saturated rings. The van der Waals surface area contributed by atoms with Gasteiger partial charge in [-0.2, -0.15) is 0 Å². The Bertz CT molecular complexity index is 133. The summed E-state index contributed by atoms with van der Waals surface area (Å²) in [6.07, 6.45) is 5.84. The molecule has 0 aromatic rings. The summed E-state index contributed by atoms with van der Waals surface area (Å²) in [4.78, 5) is 0. The lowest BCUT2D eigenvalue weighted by molar-refractivity contribution is 0.0120. The van der Waals surface area contributed by atoms with E-state index in [1.807, 2.05) is 0 Å². The molecule has 0 radical (unpaired) electrons. The number of nitrogens with one attached hydrogen (secondary N) is 1. The van der Waals surface area contributed by atoms with E-state index < -0.39 is 0 Å². The molecule has 12 heavy (non-hydrogen) atoms. The molecule has 0 amide bonds. The lowest BCUT2D eigenvalue weighted by Crippen LogP contribution is -2.41. The predicted molar refractivity (Wildman–Crippen MR) is 49.2 cm³/mol. The third-order valence-electron chi connectivity index (χ3n) is 3.03. The van der Waals surface area contributed by atoms with Crippen molar-refractivity contribution in [3.8, 4) is 0 Å². The molecular weight excluding hydrogens is 150 g/mol. The fourth-order valence-corrected chi connectivity index (χ4v) is 2.23. The van der Waals surface area contributed by atoms with Crippen molar-refractivity contribution in [3.05, 3.63) is 0 Å². The average molecular weight is 169 g/mol. The summed E-state index contributed by atoms with van der Waals surface area (Å²) < 4.78 is 5.86. The molecule has 0 aromatic heterocycles. The van der Waals surface area contributed by atoms with Gasteiger partial charge in [-0.1, -0.05) is 19.8 Å². The summed E-state index contributed by atoms with van der Waals surface area (Å²) in [5.41, 5.74) is 0. The number of hydrogen-bond donors (Lipinski definition) is 1. The normalized spacial score (nSPS) is 43.2. The van der Waals surface area contributed by atoms with E-state index in [9.17, 15) is 0 Å². The minimum Gasteiger partial charge on any atom is -0.376 e. The zero-order valence-electron chi connectivity index (χ0n) is 7.88. The van der Waals surface area contributed by atoms with Crippen LogP contribution >= 0.6 is 0 Å². The predicted octanol–water partition coefficient (Wildman–Crippen LogP) is 1.55. The number of hydrogen-bond acceptors (Lipinski definition) is 2. The second-order valence-electron chi connectivity index (χ2n) is 4.28. The van der Waals surface area contributed by atoms with E-state index in [2.05, 4.69) is 12.2 Å². The van der Waals surface area contributed by atoms with Crippen LogP contribution in [0.3, 0.4) is 0 Å². The van der Waals surface area contributed by atoms with Gasteiger partial charge in [0.1, 0.15) is 0 Å². The molecule has 0 aromatic carbocycles. The van der Waals surface area contributed by atoms with Gasteiger partial charge in [0.25, 0.3) is 0 Å². The van der Waals surface area contributed by atoms with Crippen molar-refractivity contribution >= 4 is 0 Å². The van der Waals surface area contributed by atoms with Crippen LogP contribution in [0, 0.1) is 5.92 Å². The summed E-state index contributed by atoms with van der Waals surface area (Å²) in [5.74, 6) is 0.690. The van der Waals surface area contributed by atoms with E-state index in [4.69, 9.17) is 4.74 Å². The highest BCUT2D eigenvalue weighted by Gasteiger charge is 2.28. The van der Waals surface area contributed by atoms with Crippen molar-refractivity contribution in [3.63, 3.8) is 0 Å². The molecule has 1 heterocycles. The summed E-state index contributed by atoms with van der Waals surface area (Å²) in [7, 11) is 0. The van der Waals surface area contributed by atoms with E-state index in [0.29, 0.717) is 18.1 Å². The minimum absolute atomic E-state index is 0.517. The maximum Gasteiger partial charge on any atom is 0.0728 e. The molecule has 1 saturated carbocycles. The highest BCUT2D eigenvalue weighted by molar-refractivity contribution is 4.84. The lowest BCUT2D eigenvalue weighted by atomic mass is 9.92. The zero-order valence-corrected chi connectivity index (χ0v) is 7.88. The van der Waals surface area contributed by atoms with E-state index in [-0.39, 0.29) is 0 Å². The van der Waals surface area contributed by atoms with Crippen LogP contribution in [0.25, 0.3) is 0 Å². The van der Waals surface area contributed by atoms with Crippen LogP contribution in [0.1, 0.15) is 32.6 Å². The van der Waals surface area contributed by atoms with Crippen molar-refractivity contribution in [2.45, 2.75) is 44.8 Å². The Labute approximate surface area is 74.7 Å². The molecule has 2 aliphatic rings. The Morgan fingerprint density at radius 1 is 1.25 bits per heavy atom. The molecule has 0 spiro atoms. The van der Waals surface area contributed by atoms with Gasteiger partial charge >= 0.3 is 0 Å². The van der Waals surface area contributed by atoms with Crippen LogP contribution in [0.2, 0.25) is 0 Å². The Hall–Kier alpha value is -0.0800. The summed E-state index contributed by atoms with van der Waals surface area (Å²) in [6, 6.07) is 0.656. The van der Waals surface area contributed by atoms with Crippen molar-refractivity contribution in [2.24, 2.45) is 5.92 Å². The largest absolute Gasteiger partial charge is 0.376 e. The molecule has 1 aliphatic carbocycles. The molecule has 3 atom stereocenters. The lowest BCUT2D eigenvalue weighted by Gasteiger charge is -2.29. The Morgan fingerprint density at radius 3 is 3.00 bits per heavy atom. The van der Waals surface area contributed by atoms with E-state index in [1.54, 1.807) is 0 Å². The quantitative estimate of drug-likeness (QED) is 0.594. The molecule has 2 heteroatoms. The maximum atomic E-state index is 5.86. The van der Waals surface area contributed by atoms with Crippen molar-refractivity contribution in [1.29, 1.82) is 0 Å². The van der Waals surface area contributed by atoms with Crippen LogP contribution < -0.4 is 5.32 Å². The topological polar surface area (TPSA) is 21.3 Å². The van der Waals surface area contributed by atoms with E-state index in [1.165, 1.54) is 25.7 Å². The van der Waals surface area contributed by atoms with Gasteiger partial charge in [0, 0.05) is 12.6 Å². The second kappa shape index (κ2) is 3.75. The Kier molecular flexibility index (Phi) is 2.66. The second-order valence-corrected chi connectivity index (χ2v) is 4.28. The van der Waals surface area contributed by atoms with E-state index in [0.717, 1.165) is 13.2 Å². The van der Waals surface area contributed by atoms with Crippen molar-refractivity contribution in [2.75, 3.05) is 13.2 Å². The van der Waals surface area contributed by atoms with Crippen LogP contribution in [0.4, 0.5) is 0 Å². The van der Waals surface area contributed by atoms with E-state index >= 15 is 0 Å². The molecule has 1 aliphatic heterocycles.